The average Bonchev–Trinajstić information content (AvgIpc) is 3.08. The Balaban J connectivity index is 1.57. The molecule has 0 saturated carbocycles. The SMILES string of the molecule is O=C([O-])c1ccc(N2C(=O)CC(SC(=Nc3ccccc3)Nc3ccccc3)C2=O)cc1. The Bertz CT molecular complexity index is 1160. The molecule has 7 nitrogen and oxygen atoms in total. The predicted molar refractivity (Wildman–Crippen MR) is 123 cm³/mol. The van der Waals surface area contributed by atoms with Crippen LogP contribution in [0.4, 0.5) is 17.1 Å². The second-order valence-corrected chi connectivity index (χ2v) is 8.15. The molecular formula is C24H18N3O4S-. The number of nitrogens with one attached hydrogen (secondary N) is 1. The van der Waals surface area contributed by atoms with E-state index in [2.05, 4.69) is 10.3 Å². The van der Waals surface area contributed by atoms with E-state index in [-0.39, 0.29) is 23.8 Å². The van der Waals surface area contributed by atoms with E-state index in [0.29, 0.717) is 16.5 Å². The molecule has 0 aromatic heterocycles. The lowest BCUT2D eigenvalue weighted by Gasteiger charge is -2.16. The van der Waals surface area contributed by atoms with Gasteiger partial charge in [0.2, 0.25) is 11.8 Å². The van der Waals surface area contributed by atoms with Gasteiger partial charge in [-0.1, -0.05) is 60.3 Å². The van der Waals surface area contributed by atoms with Gasteiger partial charge >= 0.3 is 0 Å². The van der Waals surface area contributed by atoms with Crippen LogP contribution in [-0.4, -0.2) is 28.2 Å². The first-order valence-electron chi connectivity index (χ1n) is 9.82. The molecule has 0 spiro atoms. The molecule has 1 N–H and O–H groups in total. The highest BCUT2D eigenvalue weighted by atomic mass is 32.2. The van der Waals surface area contributed by atoms with Gasteiger partial charge < -0.3 is 15.2 Å². The molecule has 1 aliphatic rings. The van der Waals surface area contributed by atoms with E-state index >= 15 is 0 Å². The number of nitrogens with zero attached hydrogens (tertiary/aromatic N) is 2. The van der Waals surface area contributed by atoms with Crippen LogP contribution >= 0.6 is 11.8 Å². The second kappa shape index (κ2) is 9.49. The van der Waals surface area contributed by atoms with Gasteiger partial charge in [-0.2, -0.15) is 0 Å². The van der Waals surface area contributed by atoms with Crippen LogP contribution in [0.2, 0.25) is 0 Å². The number of imide groups is 1. The van der Waals surface area contributed by atoms with Crippen molar-refractivity contribution in [1.82, 2.24) is 0 Å². The largest absolute Gasteiger partial charge is 0.545 e. The number of rotatable bonds is 5. The molecule has 1 aliphatic heterocycles. The zero-order chi connectivity index (χ0) is 22.5. The van der Waals surface area contributed by atoms with Gasteiger partial charge in [-0.05, 0) is 42.0 Å². The fourth-order valence-corrected chi connectivity index (χ4v) is 4.23. The number of thioether (sulfide) groups is 1. The Hall–Kier alpha value is -3.91. The maximum Gasteiger partial charge on any atom is 0.247 e. The number of para-hydroxylation sites is 2. The van der Waals surface area contributed by atoms with Crippen LogP contribution in [0.5, 0.6) is 0 Å². The molecule has 0 radical (unpaired) electrons. The van der Waals surface area contributed by atoms with Crippen molar-refractivity contribution < 1.29 is 19.5 Å². The van der Waals surface area contributed by atoms with Crippen molar-refractivity contribution in [3.8, 4) is 0 Å². The van der Waals surface area contributed by atoms with Gasteiger partial charge in [0.25, 0.3) is 0 Å². The number of amidine groups is 1. The second-order valence-electron chi connectivity index (χ2n) is 6.96. The lowest BCUT2D eigenvalue weighted by molar-refractivity contribution is -0.255. The van der Waals surface area contributed by atoms with Gasteiger partial charge in [-0.3, -0.25) is 9.59 Å². The number of carbonyl (C=O) groups is 3. The van der Waals surface area contributed by atoms with Crippen LogP contribution in [0, 0.1) is 0 Å². The van der Waals surface area contributed by atoms with E-state index in [4.69, 9.17) is 0 Å². The van der Waals surface area contributed by atoms with Gasteiger partial charge in [-0.25, -0.2) is 9.89 Å². The molecule has 32 heavy (non-hydrogen) atoms. The summed E-state index contributed by atoms with van der Waals surface area (Å²) >= 11 is 1.18. The number of carboxylic acids is 1. The van der Waals surface area contributed by atoms with E-state index in [1.807, 2.05) is 60.7 Å². The zero-order valence-corrected chi connectivity index (χ0v) is 17.6. The third kappa shape index (κ3) is 4.87. The van der Waals surface area contributed by atoms with Gasteiger partial charge in [0.05, 0.1) is 17.3 Å². The van der Waals surface area contributed by atoms with E-state index < -0.39 is 11.2 Å². The van der Waals surface area contributed by atoms with Crippen LogP contribution in [0.25, 0.3) is 0 Å². The van der Waals surface area contributed by atoms with Gasteiger partial charge in [0.15, 0.2) is 5.17 Å². The Labute approximate surface area is 188 Å². The third-order valence-electron chi connectivity index (χ3n) is 4.73. The monoisotopic (exact) mass is 444 g/mol. The van der Waals surface area contributed by atoms with Gasteiger partial charge in [-0.15, -0.1) is 0 Å². The summed E-state index contributed by atoms with van der Waals surface area (Å²) in [5.41, 5.74) is 1.82. The molecule has 0 aliphatic carbocycles. The fraction of sp³-hybridized carbons (Fsp3) is 0.0833. The molecular weight excluding hydrogens is 426 g/mol. The van der Waals surface area contributed by atoms with Crippen LogP contribution < -0.4 is 15.3 Å². The van der Waals surface area contributed by atoms with Crippen LogP contribution in [0.1, 0.15) is 16.8 Å². The Morgan fingerprint density at radius 2 is 1.56 bits per heavy atom. The summed E-state index contributed by atoms with van der Waals surface area (Å²) in [6, 6.07) is 24.2. The molecule has 1 atom stereocenters. The predicted octanol–water partition coefficient (Wildman–Crippen LogP) is 3.22. The lowest BCUT2D eigenvalue weighted by atomic mass is 10.2. The average molecular weight is 444 g/mol. The van der Waals surface area contributed by atoms with Crippen molar-refractivity contribution in [3.63, 3.8) is 0 Å². The molecule has 160 valence electrons. The van der Waals surface area contributed by atoms with E-state index in [1.54, 1.807) is 0 Å². The summed E-state index contributed by atoms with van der Waals surface area (Å²) in [5.74, 6) is -2.05. The normalized spacial score (nSPS) is 16.3. The fourth-order valence-electron chi connectivity index (χ4n) is 3.20. The highest BCUT2D eigenvalue weighted by Crippen LogP contribution is 2.31. The Morgan fingerprint density at radius 3 is 2.19 bits per heavy atom. The highest BCUT2D eigenvalue weighted by molar-refractivity contribution is 8.15. The van der Waals surface area contributed by atoms with Crippen LogP contribution in [-0.2, 0) is 9.59 Å². The molecule has 0 bridgehead atoms. The number of hydrogen-bond donors (Lipinski definition) is 1. The molecule has 1 saturated heterocycles. The summed E-state index contributed by atoms with van der Waals surface area (Å²) in [4.78, 5) is 42.3. The summed E-state index contributed by atoms with van der Waals surface area (Å²) in [5, 5.41) is 14.0. The summed E-state index contributed by atoms with van der Waals surface area (Å²) in [7, 11) is 0. The smallest absolute Gasteiger partial charge is 0.247 e. The third-order valence-corrected chi connectivity index (χ3v) is 5.80. The Morgan fingerprint density at radius 1 is 0.938 bits per heavy atom. The number of carbonyl (C=O) groups excluding carboxylic acids is 3. The molecule has 1 heterocycles. The molecule has 2 amide bonds. The van der Waals surface area contributed by atoms with Crippen molar-refractivity contribution in [2.75, 3.05) is 10.2 Å². The minimum Gasteiger partial charge on any atom is -0.545 e. The minimum atomic E-state index is -1.32. The van der Waals surface area contributed by atoms with Crippen molar-refractivity contribution in [3.05, 3.63) is 90.5 Å². The number of benzene rings is 3. The lowest BCUT2D eigenvalue weighted by Crippen LogP contribution is -2.32. The number of aromatic carboxylic acids is 1. The van der Waals surface area contributed by atoms with Crippen LogP contribution in [0.3, 0.4) is 0 Å². The van der Waals surface area contributed by atoms with E-state index in [0.717, 1.165) is 10.6 Å². The molecule has 8 heteroatoms. The van der Waals surface area contributed by atoms with Crippen molar-refractivity contribution >= 4 is 51.8 Å². The quantitative estimate of drug-likeness (QED) is 0.368. The summed E-state index contributed by atoms with van der Waals surface area (Å²) < 4.78 is 0. The first kappa shape index (κ1) is 21.3. The molecule has 1 fully saturated rings. The van der Waals surface area contributed by atoms with Crippen molar-refractivity contribution in [1.29, 1.82) is 0 Å². The summed E-state index contributed by atoms with van der Waals surface area (Å²) in [6.45, 7) is 0. The maximum atomic E-state index is 13.0. The number of hydrogen-bond acceptors (Lipinski definition) is 6. The highest BCUT2D eigenvalue weighted by Gasteiger charge is 2.40. The molecule has 4 rings (SSSR count). The number of carboxylic acid groups (broad SMARTS) is 1. The van der Waals surface area contributed by atoms with E-state index in [1.165, 1.54) is 36.0 Å². The van der Waals surface area contributed by atoms with Crippen LogP contribution in [0.15, 0.2) is 89.9 Å². The van der Waals surface area contributed by atoms with Crippen molar-refractivity contribution in [2.45, 2.75) is 11.7 Å². The first-order chi connectivity index (χ1) is 15.5. The maximum absolute atomic E-state index is 13.0. The Kier molecular flexibility index (Phi) is 6.32. The number of aliphatic imine (C=N–C) groups is 1. The summed E-state index contributed by atoms with van der Waals surface area (Å²) in [6.07, 6.45) is 0.00994. The van der Waals surface area contributed by atoms with Crippen molar-refractivity contribution in [2.24, 2.45) is 4.99 Å². The number of anilines is 2. The van der Waals surface area contributed by atoms with Gasteiger partial charge in [0, 0.05) is 12.1 Å². The van der Waals surface area contributed by atoms with Gasteiger partial charge in [0.1, 0.15) is 5.25 Å². The topological polar surface area (TPSA) is 102 Å². The molecule has 3 aromatic rings. The van der Waals surface area contributed by atoms with E-state index in [9.17, 15) is 19.5 Å². The minimum absolute atomic E-state index is 0.00994. The zero-order valence-electron chi connectivity index (χ0n) is 16.8. The molecule has 1 unspecified atom stereocenters. The first-order valence-corrected chi connectivity index (χ1v) is 10.7. The molecule has 3 aromatic carbocycles. The standard InChI is InChI=1S/C24H19N3O4S/c28-21-15-20(22(29)27(21)19-13-11-16(12-14-19)23(30)31)32-24(25-17-7-3-1-4-8-17)26-18-9-5-2-6-10-18/h1-14,20H,15H2,(H,25,26)(H,30,31)/p-1. The number of amides is 2.